The summed E-state index contributed by atoms with van der Waals surface area (Å²) >= 11 is 3.34. The van der Waals surface area contributed by atoms with Crippen LogP contribution < -0.4 is 0 Å². The molecule has 2 aromatic rings. The Morgan fingerprint density at radius 1 is 1.62 bits per heavy atom. The maximum Gasteiger partial charge on any atom is 0.178 e. The SMILES string of the molecule is CC(=O)c1cnc2cc(Br)ccn12. The molecule has 0 unspecified atom stereocenters. The number of nitrogens with zero attached hydrogens (tertiary/aromatic N) is 2. The molecule has 3 nitrogen and oxygen atoms in total. The smallest absolute Gasteiger partial charge is 0.178 e. The predicted molar refractivity (Wildman–Crippen MR) is 52.9 cm³/mol. The molecule has 0 fully saturated rings. The Balaban J connectivity index is 2.76. The Morgan fingerprint density at radius 2 is 2.38 bits per heavy atom. The van der Waals surface area contributed by atoms with E-state index in [1.165, 1.54) is 6.92 Å². The van der Waals surface area contributed by atoms with E-state index in [0.717, 1.165) is 10.1 Å². The molecule has 13 heavy (non-hydrogen) atoms. The molecule has 0 bridgehead atoms. The van der Waals surface area contributed by atoms with Gasteiger partial charge < -0.3 is 0 Å². The summed E-state index contributed by atoms with van der Waals surface area (Å²) in [6.07, 6.45) is 3.41. The first kappa shape index (κ1) is 8.44. The summed E-state index contributed by atoms with van der Waals surface area (Å²) in [6, 6.07) is 3.74. The van der Waals surface area contributed by atoms with Crippen LogP contribution in [0.5, 0.6) is 0 Å². The van der Waals surface area contributed by atoms with Crippen molar-refractivity contribution in [1.82, 2.24) is 9.38 Å². The highest BCUT2D eigenvalue weighted by Gasteiger charge is 2.06. The zero-order chi connectivity index (χ0) is 9.42. The molecule has 0 aliphatic heterocycles. The van der Waals surface area contributed by atoms with E-state index in [9.17, 15) is 4.79 Å². The van der Waals surface area contributed by atoms with Gasteiger partial charge in [0.1, 0.15) is 11.3 Å². The fourth-order valence-corrected chi connectivity index (χ4v) is 1.54. The van der Waals surface area contributed by atoms with E-state index < -0.39 is 0 Å². The van der Waals surface area contributed by atoms with Crippen LogP contribution in [0.15, 0.2) is 29.0 Å². The van der Waals surface area contributed by atoms with Gasteiger partial charge in [0, 0.05) is 17.6 Å². The lowest BCUT2D eigenvalue weighted by Gasteiger charge is -1.96. The average molecular weight is 239 g/mol. The molecule has 0 N–H and O–H groups in total. The highest BCUT2D eigenvalue weighted by Crippen LogP contribution is 2.14. The van der Waals surface area contributed by atoms with Gasteiger partial charge >= 0.3 is 0 Å². The zero-order valence-corrected chi connectivity index (χ0v) is 8.58. The Kier molecular flexibility index (Phi) is 1.92. The Hall–Kier alpha value is -1.16. The van der Waals surface area contributed by atoms with Gasteiger partial charge in [-0.15, -0.1) is 0 Å². The monoisotopic (exact) mass is 238 g/mol. The van der Waals surface area contributed by atoms with Gasteiger partial charge in [-0.1, -0.05) is 15.9 Å². The molecule has 0 saturated carbocycles. The van der Waals surface area contributed by atoms with E-state index in [-0.39, 0.29) is 5.78 Å². The van der Waals surface area contributed by atoms with Gasteiger partial charge in [0.2, 0.25) is 0 Å². The van der Waals surface area contributed by atoms with Crippen molar-refractivity contribution in [2.24, 2.45) is 0 Å². The van der Waals surface area contributed by atoms with E-state index in [0.29, 0.717) is 5.69 Å². The molecule has 2 aromatic heterocycles. The van der Waals surface area contributed by atoms with E-state index >= 15 is 0 Å². The minimum Gasteiger partial charge on any atom is -0.297 e. The molecule has 0 aliphatic rings. The van der Waals surface area contributed by atoms with Crippen molar-refractivity contribution in [3.05, 3.63) is 34.7 Å². The summed E-state index contributed by atoms with van der Waals surface area (Å²) in [5.74, 6) is 0.0230. The lowest BCUT2D eigenvalue weighted by molar-refractivity contribution is 0.101. The average Bonchev–Trinajstić information content (AvgIpc) is 2.46. The van der Waals surface area contributed by atoms with Crippen LogP contribution in [0.4, 0.5) is 0 Å². The number of imidazole rings is 1. The summed E-state index contributed by atoms with van der Waals surface area (Å²) in [6.45, 7) is 1.53. The normalized spacial score (nSPS) is 10.6. The van der Waals surface area contributed by atoms with Gasteiger partial charge in [0.05, 0.1) is 6.20 Å². The Labute approximate surface area is 83.5 Å². The molecular formula is C9H7BrN2O. The summed E-state index contributed by atoms with van der Waals surface area (Å²) in [7, 11) is 0. The summed E-state index contributed by atoms with van der Waals surface area (Å²) in [4.78, 5) is 15.2. The van der Waals surface area contributed by atoms with Crippen LogP contribution in [-0.2, 0) is 0 Å². The van der Waals surface area contributed by atoms with Crippen LogP contribution in [-0.4, -0.2) is 15.2 Å². The van der Waals surface area contributed by atoms with Gasteiger partial charge in [-0.3, -0.25) is 9.20 Å². The third kappa shape index (κ3) is 1.37. The number of ketones is 1. The molecule has 0 amide bonds. The van der Waals surface area contributed by atoms with E-state index in [2.05, 4.69) is 20.9 Å². The molecule has 0 radical (unpaired) electrons. The quantitative estimate of drug-likeness (QED) is 0.715. The first-order chi connectivity index (χ1) is 6.18. The Bertz CT molecular complexity index is 475. The van der Waals surface area contributed by atoms with Crippen LogP contribution >= 0.6 is 15.9 Å². The molecule has 2 heterocycles. The van der Waals surface area contributed by atoms with Crippen molar-refractivity contribution in [3.63, 3.8) is 0 Å². The molecule has 66 valence electrons. The lowest BCUT2D eigenvalue weighted by atomic mass is 10.3. The fourth-order valence-electron chi connectivity index (χ4n) is 1.22. The first-order valence-corrected chi connectivity index (χ1v) is 4.61. The highest BCUT2D eigenvalue weighted by atomic mass is 79.9. The third-order valence-electron chi connectivity index (χ3n) is 1.84. The van der Waals surface area contributed by atoms with Crippen LogP contribution in [0.3, 0.4) is 0 Å². The molecule has 2 rings (SSSR count). The van der Waals surface area contributed by atoms with E-state index in [1.807, 2.05) is 18.3 Å². The topological polar surface area (TPSA) is 34.4 Å². The van der Waals surface area contributed by atoms with Crippen LogP contribution in [0.1, 0.15) is 17.4 Å². The molecular weight excluding hydrogens is 232 g/mol. The van der Waals surface area contributed by atoms with Crippen molar-refractivity contribution in [2.75, 3.05) is 0 Å². The minimum atomic E-state index is 0.0230. The molecule has 0 atom stereocenters. The largest absolute Gasteiger partial charge is 0.297 e. The number of hydrogen-bond acceptors (Lipinski definition) is 2. The van der Waals surface area contributed by atoms with Gasteiger partial charge in [0.25, 0.3) is 0 Å². The van der Waals surface area contributed by atoms with Gasteiger partial charge in [-0.2, -0.15) is 0 Å². The molecule has 0 aliphatic carbocycles. The van der Waals surface area contributed by atoms with Crippen molar-refractivity contribution < 1.29 is 4.79 Å². The van der Waals surface area contributed by atoms with E-state index in [1.54, 1.807) is 10.6 Å². The van der Waals surface area contributed by atoms with Crippen LogP contribution in [0.2, 0.25) is 0 Å². The maximum absolute atomic E-state index is 11.1. The number of carbonyl (C=O) groups is 1. The number of rotatable bonds is 1. The molecule has 0 saturated heterocycles. The van der Waals surface area contributed by atoms with Crippen molar-refractivity contribution in [2.45, 2.75) is 6.92 Å². The minimum absolute atomic E-state index is 0.0230. The summed E-state index contributed by atoms with van der Waals surface area (Å²) in [5.41, 5.74) is 1.39. The van der Waals surface area contributed by atoms with Crippen molar-refractivity contribution >= 4 is 27.4 Å². The fraction of sp³-hybridized carbons (Fsp3) is 0.111. The van der Waals surface area contributed by atoms with Crippen molar-refractivity contribution in [3.8, 4) is 0 Å². The lowest BCUT2D eigenvalue weighted by Crippen LogP contribution is -1.97. The number of hydrogen-bond donors (Lipinski definition) is 0. The first-order valence-electron chi connectivity index (χ1n) is 3.82. The summed E-state index contributed by atoms with van der Waals surface area (Å²) in [5, 5.41) is 0. The van der Waals surface area contributed by atoms with Gasteiger partial charge in [0.15, 0.2) is 5.78 Å². The number of fused-ring (bicyclic) bond motifs is 1. The second-order valence-corrected chi connectivity index (χ2v) is 3.69. The number of halogens is 1. The second-order valence-electron chi connectivity index (χ2n) is 2.77. The number of Topliss-reactive ketones (excluding diaryl/α,β-unsaturated/α-hetero) is 1. The predicted octanol–water partition coefficient (Wildman–Crippen LogP) is 2.30. The van der Waals surface area contributed by atoms with Crippen LogP contribution in [0, 0.1) is 0 Å². The zero-order valence-electron chi connectivity index (χ0n) is 6.99. The van der Waals surface area contributed by atoms with Gasteiger partial charge in [-0.05, 0) is 12.1 Å². The van der Waals surface area contributed by atoms with Crippen molar-refractivity contribution in [1.29, 1.82) is 0 Å². The summed E-state index contributed by atoms with van der Waals surface area (Å²) < 4.78 is 2.73. The third-order valence-corrected chi connectivity index (χ3v) is 2.33. The van der Waals surface area contributed by atoms with Gasteiger partial charge in [-0.25, -0.2) is 4.98 Å². The molecule has 4 heteroatoms. The number of aromatic nitrogens is 2. The standard InChI is InChI=1S/C9H7BrN2O/c1-6(13)8-5-11-9-4-7(10)2-3-12(8)9/h2-5H,1H3. The van der Waals surface area contributed by atoms with Crippen LogP contribution in [0.25, 0.3) is 5.65 Å². The molecule has 0 spiro atoms. The number of carbonyl (C=O) groups excluding carboxylic acids is 1. The van der Waals surface area contributed by atoms with E-state index in [4.69, 9.17) is 0 Å². The number of pyridine rings is 1. The second kappa shape index (κ2) is 2.96. The Morgan fingerprint density at radius 3 is 3.08 bits per heavy atom. The highest BCUT2D eigenvalue weighted by molar-refractivity contribution is 9.10. The maximum atomic E-state index is 11.1. The molecule has 0 aromatic carbocycles.